The van der Waals surface area contributed by atoms with E-state index in [0.717, 1.165) is 6.29 Å². The molecule has 0 aliphatic rings. The summed E-state index contributed by atoms with van der Waals surface area (Å²) in [7, 11) is 0. The molecule has 0 atom stereocenters. The Hall–Kier alpha value is -0.160. The third kappa shape index (κ3) is 1.67. The summed E-state index contributed by atoms with van der Waals surface area (Å²) in [5.41, 5.74) is 0.574. The highest BCUT2D eigenvalue weighted by Crippen LogP contribution is 2.11. The Balaban J connectivity index is 3.19. The van der Waals surface area contributed by atoms with Gasteiger partial charge in [0.15, 0.2) is 6.29 Å². The zero-order chi connectivity index (χ0) is 7.56. The molecule has 0 radical (unpaired) electrons. The lowest BCUT2D eigenvalue weighted by Crippen LogP contribution is -1.89. The molecule has 4 heteroatoms. The first-order valence-corrected chi connectivity index (χ1v) is 3.97. The van der Waals surface area contributed by atoms with Crippen molar-refractivity contribution >= 4 is 40.5 Å². The van der Waals surface area contributed by atoms with Gasteiger partial charge >= 0.3 is 0 Å². The number of carbonyl (C=O) groups is 1. The Morgan fingerprint density at radius 1 is 1.60 bits per heavy atom. The number of hydrogen-bond donors (Lipinski definition) is 0. The van der Waals surface area contributed by atoms with Crippen LogP contribution in [0.4, 0.5) is 0 Å². The molecule has 0 aliphatic carbocycles. The van der Waals surface area contributed by atoms with Crippen LogP contribution in [0.5, 0.6) is 0 Å². The Labute approximate surface area is 76.7 Å². The van der Waals surface area contributed by atoms with E-state index in [1.165, 1.54) is 0 Å². The molecular formula is C6H3ClINO. The van der Waals surface area contributed by atoms with E-state index in [1.807, 2.05) is 22.6 Å². The molecule has 0 bridgehead atoms. The van der Waals surface area contributed by atoms with Crippen LogP contribution in [0, 0.1) is 3.70 Å². The second-order valence-electron chi connectivity index (χ2n) is 1.63. The number of pyridine rings is 1. The van der Waals surface area contributed by atoms with Gasteiger partial charge in [0.2, 0.25) is 0 Å². The molecule has 1 aromatic rings. The van der Waals surface area contributed by atoms with E-state index in [-0.39, 0.29) is 0 Å². The maximum absolute atomic E-state index is 10.3. The van der Waals surface area contributed by atoms with E-state index in [4.69, 9.17) is 11.6 Å². The van der Waals surface area contributed by atoms with Crippen molar-refractivity contribution in [2.24, 2.45) is 0 Å². The predicted molar refractivity (Wildman–Crippen MR) is 47.4 cm³/mol. The summed E-state index contributed by atoms with van der Waals surface area (Å²) in [6.45, 7) is 0. The quantitative estimate of drug-likeness (QED) is 0.443. The summed E-state index contributed by atoms with van der Waals surface area (Å²) in [5.74, 6) is 0. The van der Waals surface area contributed by atoms with Gasteiger partial charge in [-0.1, -0.05) is 11.6 Å². The van der Waals surface area contributed by atoms with Gasteiger partial charge in [0.25, 0.3) is 0 Å². The lowest BCUT2D eigenvalue weighted by atomic mass is 10.3. The number of nitrogens with zero attached hydrogens (tertiary/aromatic N) is 1. The second-order valence-corrected chi connectivity index (χ2v) is 3.04. The summed E-state index contributed by atoms with van der Waals surface area (Å²) < 4.78 is 0.639. The van der Waals surface area contributed by atoms with Crippen LogP contribution in [0.3, 0.4) is 0 Å². The third-order valence-electron chi connectivity index (χ3n) is 0.971. The van der Waals surface area contributed by atoms with Crippen molar-refractivity contribution in [1.29, 1.82) is 0 Å². The van der Waals surface area contributed by atoms with Gasteiger partial charge in [-0.25, -0.2) is 4.98 Å². The van der Waals surface area contributed by atoms with E-state index in [1.54, 1.807) is 12.1 Å². The Morgan fingerprint density at radius 2 is 2.30 bits per heavy atom. The molecule has 0 amide bonds. The van der Waals surface area contributed by atoms with Crippen molar-refractivity contribution in [3.63, 3.8) is 0 Å². The van der Waals surface area contributed by atoms with E-state index >= 15 is 0 Å². The minimum atomic E-state index is 0.412. The fraction of sp³-hybridized carbons (Fsp3) is 0. The number of aldehydes is 1. The minimum absolute atomic E-state index is 0.412. The van der Waals surface area contributed by atoms with Crippen LogP contribution in [0.2, 0.25) is 5.15 Å². The molecule has 0 spiro atoms. The standard InChI is InChI=1S/C6H3ClINO/c7-5-2-1-4(3-10)6(8)9-5/h1-3H. The molecule has 1 rings (SSSR count). The maximum Gasteiger partial charge on any atom is 0.152 e. The van der Waals surface area contributed by atoms with E-state index < -0.39 is 0 Å². The Kier molecular flexibility index (Phi) is 2.62. The highest BCUT2D eigenvalue weighted by atomic mass is 127. The molecule has 0 saturated carbocycles. The van der Waals surface area contributed by atoms with Gasteiger partial charge in [0.05, 0.1) is 0 Å². The molecule has 0 aromatic carbocycles. The van der Waals surface area contributed by atoms with Gasteiger partial charge in [0.1, 0.15) is 8.85 Å². The van der Waals surface area contributed by atoms with Crippen molar-refractivity contribution in [3.05, 3.63) is 26.5 Å². The summed E-state index contributed by atoms with van der Waals surface area (Å²) in [4.78, 5) is 14.1. The van der Waals surface area contributed by atoms with Crippen LogP contribution in [0.1, 0.15) is 10.4 Å². The first kappa shape index (κ1) is 7.94. The van der Waals surface area contributed by atoms with Crippen LogP contribution >= 0.6 is 34.2 Å². The second kappa shape index (κ2) is 3.30. The van der Waals surface area contributed by atoms with Gasteiger partial charge in [0, 0.05) is 5.56 Å². The van der Waals surface area contributed by atoms with Gasteiger partial charge in [-0.15, -0.1) is 0 Å². The van der Waals surface area contributed by atoms with E-state index in [9.17, 15) is 4.79 Å². The molecule has 0 saturated heterocycles. The lowest BCUT2D eigenvalue weighted by molar-refractivity contribution is 0.112. The van der Waals surface area contributed by atoms with Crippen molar-refractivity contribution in [2.75, 3.05) is 0 Å². The fourth-order valence-corrected chi connectivity index (χ4v) is 1.37. The lowest BCUT2D eigenvalue weighted by Gasteiger charge is -1.93. The highest BCUT2D eigenvalue weighted by molar-refractivity contribution is 14.1. The maximum atomic E-state index is 10.3. The van der Waals surface area contributed by atoms with Crippen LogP contribution in [-0.2, 0) is 0 Å². The average molecular weight is 267 g/mol. The monoisotopic (exact) mass is 267 g/mol. The van der Waals surface area contributed by atoms with Crippen molar-refractivity contribution < 1.29 is 4.79 Å². The molecule has 0 N–H and O–H groups in total. The number of carbonyl (C=O) groups excluding carboxylic acids is 1. The number of halogens is 2. The predicted octanol–water partition coefficient (Wildman–Crippen LogP) is 2.15. The van der Waals surface area contributed by atoms with Crippen molar-refractivity contribution in [1.82, 2.24) is 4.98 Å². The summed E-state index contributed by atoms with van der Waals surface area (Å²) in [5, 5.41) is 0.412. The Morgan fingerprint density at radius 3 is 2.80 bits per heavy atom. The normalized spacial score (nSPS) is 9.40. The highest BCUT2D eigenvalue weighted by Gasteiger charge is 1.98. The molecule has 1 heterocycles. The average Bonchev–Trinajstić information content (AvgIpc) is 1.88. The molecule has 0 fully saturated rings. The first-order chi connectivity index (χ1) is 4.74. The van der Waals surface area contributed by atoms with Crippen molar-refractivity contribution in [2.45, 2.75) is 0 Å². The molecule has 52 valence electrons. The topological polar surface area (TPSA) is 30.0 Å². The van der Waals surface area contributed by atoms with E-state index in [0.29, 0.717) is 14.4 Å². The number of aromatic nitrogens is 1. The number of rotatable bonds is 1. The fourth-order valence-electron chi connectivity index (χ4n) is 0.511. The first-order valence-electron chi connectivity index (χ1n) is 2.51. The summed E-state index contributed by atoms with van der Waals surface area (Å²) in [6, 6.07) is 3.23. The molecule has 2 nitrogen and oxygen atoms in total. The van der Waals surface area contributed by atoms with Gasteiger partial charge in [-0.05, 0) is 34.7 Å². The summed E-state index contributed by atoms with van der Waals surface area (Å²) >= 11 is 7.50. The largest absolute Gasteiger partial charge is 0.298 e. The van der Waals surface area contributed by atoms with E-state index in [2.05, 4.69) is 4.98 Å². The molecule has 10 heavy (non-hydrogen) atoms. The van der Waals surface area contributed by atoms with Crippen LogP contribution in [0.25, 0.3) is 0 Å². The van der Waals surface area contributed by atoms with Gasteiger partial charge in [-0.2, -0.15) is 0 Å². The third-order valence-corrected chi connectivity index (χ3v) is 2.05. The van der Waals surface area contributed by atoms with Gasteiger partial charge < -0.3 is 0 Å². The molecule has 1 aromatic heterocycles. The summed E-state index contributed by atoms with van der Waals surface area (Å²) in [6.07, 6.45) is 0.755. The Bertz CT molecular complexity index is 264. The molecule has 0 aliphatic heterocycles. The van der Waals surface area contributed by atoms with Crippen LogP contribution < -0.4 is 0 Å². The smallest absolute Gasteiger partial charge is 0.152 e. The molecule has 0 unspecified atom stereocenters. The van der Waals surface area contributed by atoms with Crippen LogP contribution in [-0.4, -0.2) is 11.3 Å². The van der Waals surface area contributed by atoms with Crippen LogP contribution in [0.15, 0.2) is 12.1 Å². The van der Waals surface area contributed by atoms with Gasteiger partial charge in [-0.3, -0.25) is 4.79 Å². The SMILES string of the molecule is O=Cc1ccc(Cl)nc1I. The molecular weight excluding hydrogens is 264 g/mol. The minimum Gasteiger partial charge on any atom is -0.298 e. The zero-order valence-corrected chi connectivity index (χ0v) is 7.76. The van der Waals surface area contributed by atoms with Crippen molar-refractivity contribution in [3.8, 4) is 0 Å². The number of hydrogen-bond acceptors (Lipinski definition) is 2. The zero-order valence-electron chi connectivity index (χ0n) is 4.84.